The Hall–Kier alpha value is -1.16. The number of benzene rings is 1. The molecule has 1 unspecified atom stereocenters. The molecule has 1 atom stereocenters. The largest absolute Gasteiger partial charge is 0.479 e. The molecular formula is C40H64Cl6O8. The average Bonchev–Trinajstić information content (AvgIpc) is 3.14. The van der Waals surface area contributed by atoms with Crippen molar-refractivity contribution in [2.45, 2.75) is 176 Å². The molecule has 0 aliphatic rings. The summed E-state index contributed by atoms with van der Waals surface area (Å²) >= 11 is 34.8. The molecule has 54 heavy (non-hydrogen) atoms. The highest BCUT2D eigenvalue weighted by molar-refractivity contribution is 6.70. The first-order valence-corrected chi connectivity index (χ1v) is 21.8. The van der Waals surface area contributed by atoms with E-state index in [1.807, 2.05) is 0 Å². The number of carboxylic acids is 2. The predicted molar refractivity (Wildman–Crippen MR) is 225 cm³/mol. The Balaban J connectivity index is 0. The summed E-state index contributed by atoms with van der Waals surface area (Å²) in [5.74, 6) is -4.89. The summed E-state index contributed by atoms with van der Waals surface area (Å²) in [4.78, 5) is 43.7. The first kappa shape index (κ1) is 54.9. The zero-order valence-electron chi connectivity index (χ0n) is 32.8. The maximum atomic E-state index is 12.4. The number of carbonyl (C=O) groups is 4. The molecule has 1 rings (SSSR count). The molecule has 0 aromatic heterocycles. The van der Waals surface area contributed by atoms with Crippen LogP contribution in [0.1, 0.15) is 177 Å². The summed E-state index contributed by atoms with van der Waals surface area (Å²) in [7, 11) is 0. The van der Waals surface area contributed by atoms with E-state index < -0.39 is 42.8 Å². The van der Waals surface area contributed by atoms with Crippen LogP contribution in [0.3, 0.4) is 0 Å². The molecule has 0 aliphatic carbocycles. The van der Waals surface area contributed by atoms with E-state index >= 15 is 0 Å². The lowest BCUT2D eigenvalue weighted by Crippen LogP contribution is -2.63. The fraction of sp³-hybridized carbons (Fsp3) is 0.750. The van der Waals surface area contributed by atoms with E-state index in [-0.39, 0.29) is 6.42 Å². The number of ether oxygens (including phenoxy) is 2. The van der Waals surface area contributed by atoms with E-state index in [0.717, 1.165) is 25.7 Å². The van der Waals surface area contributed by atoms with Crippen LogP contribution in [0.15, 0.2) is 24.3 Å². The minimum absolute atomic E-state index is 0.224. The molecule has 0 radical (unpaired) electrons. The van der Waals surface area contributed by atoms with Gasteiger partial charge in [-0.1, -0.05) is 207 Å². The number of hydrogen-bond acceptors (Lipinski definition) is 6. The summed E-state index contributed by atoms with van der Waals surface area (Å²) in [5, 5.41) is 16.8. The van der Waals surface area contributed by atoms with Gasteiger partial charge >= 0.3 is 23.9 Å². The van der Waals surface area contributed by atoms with E-state index in [1.165, 1.54) is 83.5 Å². The third-order valence-corrected chi connectivity index (χ3v) is 12.6. The summed E-state index contributed by atoms with van der Waals surface area (Å²) in [6.45, 7) is 11.4. The summed E-state index contributed by atoms with van der Waals surface area (Å²) in [6.07, 6.45) is 21.4. The van der Waals surface area contributed by atoms with Crippen LogP contribution in [0.4, 0.5) is 0 Å². The van der Waals surface area contributed by atoms with Crippen molar-refractivity contribution in [3.8, 4) is 0 Å². The summed E-state index contributed by atoms with van der Waals surface area (Å²) < 4.78 is 5.65. The summed E-state index contributed by atoms with van der Waals surface area (Å²) in [6, 6.07) is 6.74. The lowest BCUT2D eigenvalue weighted by Gasteiger charge is -2.41. The number of hydrogen-bond donors (Lipinski definition) is 2. The molecule has 1 aromatic carbocycles. The SMILES string of the molecule is CCCC(Cl)C(Cl)(Cl)C(Cl)(Cl)C(Cl)(C(=O)O)C(=O)O.CCCCCCC.CCCCCCCCOC(=O)c1ccccc1C(=O)OCCCCCCCC. The third kappa shape index (κ3) is 20.3. The molecule has 0 heterocycles. The summed E-state index contributed by atoms with van der Waals surface area (Å²) in [5.41, 5.74) is 0.586. The molecule has 0 amide bonds. The first-order chi connectivity index (χ1) is 25.5. The number of aliphatic carboxylic acids is 2. The molecule has 1 aromatic rings. The second-order valence-electron chi connectivity index (χ2n) is 13.1. The van der Waals surface area contributed by atoms with E-state index in [9.17, 15) is 19.2 Å². The van der Waals surface area contributed by atoms with E-state index in [2.05, 4.69) is 27.7 Å². The van der Waals surface area contributed by atoms with E-state index in [0.29, 0.717) is 30.8 Å². The van der Waals surface area contributed by atoms with Crippen molar-refractivity contribution in [2.24, 2.45) is 0 Å². The van der Waals surface area contributed by atoms with Crippen molar-refractivity contribution >= 4 is 93.5 Å². The van der Waals surface area contributed by atoms with E-state index in [4.69, 9.17) is 89.3 Å². The van der Waals surface area contributed by atoms with Gasteiger partial charge in [-0.05, 0) is 31.4 Å². The van der Waals surface area contributed by atoms with Crippen LogP contribution < -0.4 is 0 Å². The second kappa shape index (κ2) is 31.9. The Bertz CT molecular complexity index is 1110. The molecule has 0 aliphatic heterocycles. The molecule has 314 valence electrons. The molecule has 0 saturated carbocycles. The van der Waals surface area contributed by atoms with Gasteiger partial charge in [-0.3, -0.25) is 0 Å². The maximum Gasteiger partial charge on any atom is 0.339 e. The van der Waals surface area contributed by atoms with Crippen LogP contribution >= 0.6 is 69.6 Å². The lowest BCUT2D eigenvalue weighted by molar-refractivity contribution is -0.153. The van der Waals surface area contributed by atoms with Gasteiger partial charge in [0.1, 0.15) is 0 Å². The monoisotopic (exact) mass is 882 g/mol. The van der Waals surface area contributed by atoms with Crippen LogP contribution in [-0.4, -0.2) is 66.2 Å². The zero-order valence-corrected chi connectivity index (χ0v) is 37.4. The second-order valence-corrected chi connectivity index (χ2v) is 16.9. The van der Waals surface area contributed by atoms with Gasteiger partial charge in [-0.15, -0.1) is 11.6 Å². The Labute approximate surface area is 354 Å². The van der Waals surface area contributed by atoms with Gasteiger partial charge in [0, 0.05) is 0 Å². The molecule has 8 nitrogen and oxygen atoms in total. The maximum absolute atomic E-state index is 12.4. The van der Waals surface area contributed by atoms with Crippen molar-refractivity contribution in [3.05, 3.63) is 35.4 Å². The Morgan fingerprint density at radius 1 is 0.556 bits per heavy atom. The average molecular weight is 886 g/mol. The highest BCUT2D eigenvalue weighted by Gasteiger charge is 2.71. The Morgan fingerprint density at radius 3 is 1.19 bits per heavy atom. The van der Waals surface area contributed by atoms with E-state index in [1.54, 1.807) is 31.2 Å². The van der Waals surface area contributed by atoms with Gasteiger partial charge in [0.15, 0.2) is 8.67 Å². The minimum atomic E-state index is -3.15. The molecular weight excluding hydrogens is 821 g/mol. The fourth-order valence-corrected chi connectivity index (χ4v) is 6.81. The molecule has 0 bridgehead atoms. The fourth-order valence-electron chi connectivity index (χ4n) is 4.99. The van der Waals surface area contributed by atoms with Gasteiger partial charge in [-0.2, -0.15) is 0 Å². The standard InChI is InChI=1S/C24H38O4.C9H10Cl6O4.C7H16/c1-3-5-7-9-11-15-19-27-23(25)21-17-13-14-18-22(21)24(26)28-20-16-12-10-8-6-4-2;1-2-3-4(10)8(12,13)9(14,15)7(11,5(16)17)6(18)19;1-3-5-7-6-4-2/h13-14,17-18H,3-12,15-16,19-20H2,1-2H3;4H,2-3H2,1H3,(H,16,17)(H,18,19);3-7H2,1-2H3. The zero-order chi connectivity index (χ0) is 41.6. The highest BCUT2D eigenvalue weighted by atomic mass is 35.5. The van der Waals surface area contributed by atoms with Crippen LogP contribution in [0.2, 0.25) is 0 Å². The lowest BCUT2D eigenvalue weighted by atomic mass is 9.97. The number of carbonyl (C=O) groups excluding carboxylic acids is 2. The Morgan fingerprint density at radius 2 is 0.870 bits per heavy atom. The minimum Gasteiger partial charge on any atom is -0.479 e. The highest BCUT2D eigenvalue weighted by Crippen LogP contribution is 2.56. The number of esters is 2. The van der Waals surface area contributed by atoms with Crippen molar-refractivity contribution in [3.63, 3.8) is 0 Å². The van der Waals surface area contributed by atoms with Crippen molar-refractivity contribution in [1.82, 2.24) is 0 Å². The molecule has 0 saturated heterocycles. The van der Waals surface area contributed by atoms with Crippen molar-refractivity contribution in [2.75, 3.05) is 13.2 Å². The number of unbranched alkanes of at least 4 members (excludes halogenated alkanes) is 14. The predicted octanol–water partition coefficient (Wildman–Crippen LogP) is 13.6. The third-order valence-electron chi connectivity index (χ3n) is 8.41. The van der Waals surface area contributed by atoms with Gasteiger partial charge in [-0.25, -0.2) is 19.2 Å². The quantitative estimate of drug-likeness (QED) is 0.0387. The number of halogens is 6. The number of alkyl halides is 6. The first-order valence-electron chi connectivity index (χ1n) is 19.5. The van der Waals surface area contributed by atoms with Crippen LogP contribution in [0, 0.1) is 0 Å². The van der Waals surface area contributed by atoms with Crippen molar-refractivity contribution in [1.29, 1.82) is 0 Å². The van der Waals surface area contributed by atoms with Gasteiger partial charge in [0.05, 0.1) is 29.7 Å². The van der Waals surface area contributed by atoms with Crippen LogP contribution in [0.5, 0.6) is 0 Å². The molecule has 14 heteroatoms. The smallest absolute Gasteiger partial charge is 0.339 e. The number of rotatable bonds is 27. The van der Waals surface area contributed by atoms with Gasteiger partial charge in [0.2, 0.25) is 0 Å². The van der Waals surface area contributed by atoms with Crippen LogP contribution in [0.25, 0.3) is 0 Å². The molecule has 0 fully saturated rings. The molecule has 2 N–H and O–H groups in total. The Kier molecular flexibility index (Phi) is 32.4. The van der Waals surface area contributed by atoms with Gasteiger partial charge < -0.3 is 19.7 Å². The number of carboxylic acid groups (broad SMARTS) is 2. The van der Waals surface area contributed by atoms with Crippen LogP contribution in [-0.2, 0) is 19.1 Å². The normalized spacial score (nSPS) is 12.1. The van der Waals surface area contributed by atoms with Gasteiger partial charge in [0.25, 0.3) is 4.87 Å². The molecule has 0 spiro atoms. The van der Waals surface area contributed by atoms with Crippen molar-refractivity contribution < 1.29 is 38.9 Å². The topological polar surface area (TPSA) is 127 Å².